The monoisotopic (exact) mass is 627 g/mol. The van der Waals surface area contributed by atoms with Crippen molar-refractivity contribution in [1.82, 2.24) is 19.7 Å². The van der Waals surface area contributed by atoms with Crippen LogP contribution in [0.2, 0.25) is 10.0 Å². The van der Waals surface area contributed by atoms with Crippen molar-refractivity contribution in [2.75, 3.05) is 51.1 Å². The van der Waals surface area contributed by atoms with Gasteiger partial charge in [-0.05, 0) is 29.7 Å². The number of anilines is 1. The van der Waals surface area contributed by atoms with E-state index in [1.165, 1.54) is 27.9 Å². The van der Waals surface area contributed by atoms with Crippen LogP contribution in [-0.4, -0.2) is 83.2 Å². The van der Waals surface area contributed by atoms with E-state index in [1.54, 1.807) is 17.5 Å². The zero-order valence-corrected chi connectivity index (χ0v) is 26.1. The molecule has 0 spiro atoms. The Morgan fingerprint density at radius 1 is 1.05 bits per heavy atom. The number of benzene rings is 2. The van der Waals surface area contributed by atoms with Gasteiger partial charge in [-0.25, -0.2) is 4.98 Å². The summed E-state index contributed by atoms with van der Waals surface area (Å²) in [5.74, 6) is -0.508. The standard InChI is InChI=1S/C31H35Cl2N5O3S/c1-22(2)19-38(30(41)24-10-11-26(32)27(33)17-24)20-28(39)35-31-34-25(21-42-31)18-29(40)37-15-13-36(14-16-37)12-6-9-23-7-4-3-5-8-23/h3-11,17,21-22H,12-16,18-20H2,1-2H3,(H,34,35,39). The first-order valence-electron chi connectivity index (χ1n) is 13.9. The zero-order chi connectivity index (χ0) is 30.1. The summed E-state index contributed by atoms with van der Waals surface area (Å²) in [5.41, 5.74) is 2.15. The van der Waals surface area contributed by atoms with Crippen LogP contribution in [0.15, 0.2) is 60.0 Å². The lowest BCUT2D eigenvalue weighted by molar-refractivity contribution is -0.132. The van der Waals surface area contributed by atoms with E-state index in [0.29, 0.717) is 41.0 Å². The number of amides is 3. The quantitative estimate of drug-likeness (QED) is 0.300. The summed E-state index contributed by atoms with van der Waals surface area (Å²) in [5, 5.41) is 5.58. The van der Waals surface area contributed by atoms with Gasteiger partial charge in [-0.1, -0.05) is 79.5 Å². The molecule has 1 N–H and O–H groups in total. The topological polar surface area (TPSA) is 85.8 Å². The molecule has 3 aromatic rings. The van der Waals surface area contributed by atoms with Crippen LogP contribution in [-0.2, 0) is 16.0 Å². The van der Waals surface area contributed by atoms with Crippen LogP contribution in [0.5, 0.6) is 0 Å². The van der Waals surface area contributed by atoms with Gasteiger partial charge in [0.1, 0.15) is 6.54 Å². The summed E-state index contributed by atoms with van der Waals surface area (Å²) < 4.78 is 0. The molecule has 0 atom stereocenters. The molecule has 1 aromatic heterocycles. The fraction of sp³-hybridized carbons (Fsp3) is 0.355. The Morgan fingerprint density at radius 2 is 1.79 bits per heavy atom. The molecule has 4 rings (SSSR count). The summed E-state index contributed by atoms with van der Waals surface area (Å²) in [7, 11) is 0. The predicted molar refractivity (Wildman–Crippen MR) is 170 cm³/mol. The minimum absolute atomic E-state index is 0.0213. The maximum absolute atomic E-state index is 13.1. The van der Waals surface area contributed by atoms with Gasteiger partial charge < -0.3 is 15.1 Å². The Hall–Kier alpha value is -3.24. The fourth-order valence-electron chi connectivity index (χ4n) is 4.60. The smallest absolute Gasteiger partial charge is 0.254 e. The van der Waals surface area contributed by atoms with E-state index in [-0.39, 0.29) is 41.6 Å². The number of carbonyl (C=O) groups is 3. The second-order valence-electron chi connectivity index (χ2n) is 10.6. The van der Waals surface area contributed by atoms with Crippen molar-refractivity contribution in [2.24, 2.45) is 5.92 Å². The molecule has 2 heterocycles. The fourth-order valence-corrected chi connectivity index (χ4v) is 5.62. The molecule has 1 saturated heterocycles. The zero-order valence-electron chi connectivity index (χ0n) is 23.8. The van der Waals surface area contributed by atoms with Crippen LogP contribution in [0.4, 0.5) is 5.13 Å². The van der Waals surface area contributed by atoms with Crippen molar-refractivity contribution in [3.63, 3.8) is 0 Å². The number of rotatable bonds is 11. The van der Waals surface area contributed by atoms with Gasteiger partial charge in [0.25, 0.3) is 5.91 Å². The van der Waals surface area contributed by atoms with Crippen LogP contribution in [0.3, 0.4) is 0 Å². The Morgan fingerprint density at radius 3 is 2.48 bits per heavy atom. The molecular formula is C31H35Cl2N5O3S. The normalized spacial score (nSPS) is 14.0. The van der Waals surface area contributed by atoms with Gasteiger partial charge in [0.2, 0.25) is 11.8 Å². The molecule has 222 valence electrons. The Balaban J connectivity index is 1.24. The maximum Gasteiger partial charge on any atom is 0.254 e. The molecule has 0 unspecified atom stereocenters. The highest BCUT2D eigenvalue weighted by atomic mass is 35.5. The second kappa shape index (κ2) is 15.3. The maximum atomic E-state index is 13.1. The molecule has 2 aromatic carbocycles. The van der Waals surface area contributed by atoms with Gasteiger partial charge in [0.15, 0.2) is 5.13 Å². The predicted octanol–water partition coefficient (Wildman–Crippen LogP) is 5.59. The number of hydrogen-bond donors (Lipinski definition) is 1. The van der Waals surface area contributed by atoms with Crippen LogP contribution in [0.25, 0.3) is 6.08 Å². The molecule has 0 saturated carbocycles. The summed E-state index contributed by atoms with van der Waals surface area (Å²) in [6, 6.07) is 14.9. The summed E-state index contributed by atoms with van der Waals surface area (Å²) >= 11 is 13.3. The largest absolute Gasteiger partial charge is 0.340 e. The van der Waals surface area contributed by atoms with Crippen molar-refractivity contribution in [3.8, 4) is 0 Å². The average molecular weight is 629 g/mol. The first-order chi connectivity index (χ1) is 20.2. The molecule has 8 nitrogen and oxygen atoms in total. The molecule has 3 amide bonds. The third-order valence-electron chi connectivity index (χ3n) is 6.70. The molecule has 0 bridgehead atoms. The lowest BCUT2D eigenvalue weighted by Crippen LogP contribution is -2.49. The van der Waals surface area contributed by atoms with E-state index in [4.69, 9.17) is 23.2 Å². The molecule has 1 aliphatic heterocycles. The van der Waals surface area contributed by atoms with Gasteiger partial charge in [-0.3, -0.25) is 19.3 Å². The molecule has 1 fully saturated rings. The van der Waals surface area contributed by atoms with E-state index in [1.807, 2.05) is 36.9 Å². The first kappa shape index (κ1) is 31.7. The highest BCUT2D eigenvalue weighted by Crippen LogP contribution is 2.24. The lowest BCUT2D eigenvalue weighted by Gasteiger charge is -2.34. The Kier molecular flexibility index (Phi) is 11.5. The Labute approximate surface area is 260 Å². The summed E-state index contributed by atoms with van der Waals surface area (Å²) in [6.07, 6.45) is 4.45. The number of aromatic nitrogens is 1. The molecule has 0 radical (unpaired) electrons. The SMILES string of the molecule is CC(C)CN(CC(=O)Nc1nc(CC(=O)N2CCN(CC=Cc3ccccc3)CC2)cs1)C(=O)c1ccc(Cl)c(Cl)c1. The number of nitrogens with one attached hydrogen (secondary N) is 1. The van der Waals surface area contributed by atoms with Gasteiger partial charge in [0, 0.05) is 50.2 Å². The number of carbonyl (C=O) groups excluding carboxylic acids is 3. The molecule has 42 heavy (non-hydrogen) atoms. The molecule has 0 aliphatic carbocycles. The number of thiazole rings is 1. The number of piperazine rings is 1. The summed E-state index contributed by atoms with van der Waals surface area (Å²) in [4.78, 5) is 49.0. The van der Waals surface area contributed by atoms with Gasteiger partial charge in [-0.15, -0.1) is 11.3 Å². The van der Waals surface area contributed by atoms with Gasteiger partial charge in [-0.2, -0.15) is 0 Å². The second-order valence-corrected chi connectivity index (χ2v) is 12.2. The third-order valence-corrected chi connectivity index (χ3v) is 8.25. The molecule has 1 aliphatic rings. The lowest BCUT2D eigenvalue weighted by atomic mass is 10.1. The molecule has 11 heteroatoms. The van der Waals surface area contributed by atoms with Crippen molar-refractivity contribution in [1.29, 1.82) is 0 Å². The van der Waals surface area contributed by atoms with E-state index >= 15 is 0 Å². The van der Waals surface area contributed by atoms with E-state index in [2.05, 4.69) is 39.5 Å². The number of hydrogen-bond acceptors (Lipinski definition) is 6. The van der Waals surface area contributed by atoms with Gasteiger partial charge in [0.05, 0.1) is 22.2 Å². The van der Waals surface area contributed by atoms with Crippen molar-refractivity contribution in [3.05, 3.63) is 86.9 Å². The van der Waals surface area contributed by atoms with E-state index in [9.17, 15) is 14.4 Å². The molecular weight excluding hydrogens is 593 g/mol. The van der Waals surface area contributed by atoms with E-state index in [0.717, 1.165) is 19.6 Å². The van der Waals surface area contributed by atoms with Crippen LogP contribution in [0.1, 0.15) is 35.5 Å². The minimum atomic E-state index is -0.367. The first-order valence-corrected chi connectivity index (χ1v) is 15.5. The Bertz CT molecular complexity index is 1400. The number of nitrogens with zero attached hydrogens (tertiary/aromatic N) is 4. The van der Waals surface area contributed by atoms with E-state index < -0.39 is 0 Å². The van der Waals surface area contributed by atoms with Crippen LogP contribution in [0, 0.1) is 5.92 Å². The minimum Gasteiger partial charge on any atom is -0.340 e. The average Bonchev–Trinajstić information content (AvgIpc) is 3.40. The van der Waals surface area contributed by atoms with Gasteiger partial charge >= 0.3 is 0 Å². The third kappa shape index (κ3) is 9.39. The van der Waals surface area contributed by atoms with Crippen LogP contribution < -0.4 is 5.32 Å². The summed E-state index contributed by atoms with van der Waals surface area (Å²) in [6.45, 7) is 8.01. The van der Waals surface area contributed by atoms with Crippen molar-refractivity contribution in [2.45, 2.75) is 20.3 Å². The highest BCUT2D eigenvalue weighted by Gasteiger charge is 2.23. The van der Waals surface area contributed by atoms with Crippen molar-refractivity contribution < 1.29 is 14.4 Å². The van der Waals surface area contributed by atoms with Crippen molar-refractivity contribution >= 4 is 63.5 Å². The van der Waals surface area contributed by atoms with Crippen LogP contribution >= 0.6 is 34.5 Å². The number of halogens is 2. The highest BCUT2D eigenvalue weighted by molar-refractivity contribution is 7.13.